The summed E-state index contributed by atoms with van der Waals surface area (Å²) in [6.45, 7) is 8.60. The Morgan fingerprint density at radius 3 is 2.58 bits per heavy atom. The summed E-state index contributed by atoms with van der Waals surface area (Å²) in [5.74, 6) is 1.88. The third-order valence-electron chi connectivity index (χ3n) is 5.17. The summed E-state index contributed by atoms with van der Waals surface area (Å²) in [4.78, 5) is 16.7. The van der Waals surface area contributed by atoms with E-state index in [2.05, 4.69) is 20.9 Å². The minimum atomic E-state index is -0.292. The Labute approximate surface area is 214 Å². The van der Waals surface area contributed by atoms with Gasteiger partial charge in [0.15, 0.2) is 17.5 Å². The van der Waals surface area contributed by atoms with Crippen molar-refractivity contribution >= 4 is 41.5 Å². The van der Waals surface area contributed by atoms with Crippen LogP contribution in [0.2, 0.25) is 0 Å². The molecule has 3 rings (SSSR count). The van der Waals surface area contributed by atoms with E-state index in [1.54, 1.807) is 0 Å². The van der Waals surface area contributed by atoms with Gasteiger partial charge in [-0.1, -0.05) is 12.8 Å². The molecule has 1 amide bonds. The average Bonchev–Trinajstić information content (AvgIpc) is 3.14. The number of carbonyl (C=O) groups excluding carboxylic acids is 1. The van der Waals surface area contributed by atoms with E-state index in [1.165, 1.54) is 25.7 Å². The van der Waals surface area contributed by atoms with Crippen molar-refractivity contribution in [2.75, 3.05) is 38.2 Å². The number of anilines is 1. The number of benzene rings is 1. The van der Waals surface area contributed by atoms with Crippen molar-refractivity contribution in [3.05, 3.63) is 18.2 Å². The Kier molecular flexibility index (Phi) is 11.5. The monoisotopic (exact) mass is 574 g/mol. The SMILES string of the molecule is CC(C)(C)NC(=O)CN=C(NCCCOC1CCCC1)Nc1ccc2c(c1)OCCCO2.I. The van der Waals surface area contributed by atoms with E-state index in [9.17, 15) is 4.79 Å². The molecule has 8 nitrogen and oxygen atoms in total. The first kappa shape index (κ1) is 27.5. The number of fused-ring (bicyclic) bond motifs is 1. The lowest BCUT2D eigenvalue weighted by Gasteiger charge is -2.20. The first-order valence-corrected chi connectivity index (χ1v) is 11.8. The Bertz CT molecular complexity index is 776. The number of hydrogen-bond donors (Lipinski definition) is 3. The predicted octanol–water partition coefficient (Wildman–Crippen LogP) is 4.09. The zero-order valence-corrected chi connectivity index (χ0v) is 22.4. The molecule has 1 saturated carbocycles. The smallest absolute Gasteiger partial charge is 0.242 e. The fraction of sp³-hybridized carbons (Fsp3) is 0.667. The van der Waals surface area contributed by atoms with Gasteiger partial charge in [-0.3, -0.25) is 4.79 Å². The van der Waals surface area contributed by atoms with Crippen LogP contribution in [0.25, 0.3) is 0 Å². The maximum absolute atomic E-state index is 12.2. The third kappa shape index (κ3) is 10.4. The van der Waals surface area contributed by atoms with Crippen LogP contribution in [0.4, 0.5) is 5.69 Å². The first-order chi connectivity index (χ1) is 15.4. The number of guanidine groups is 1. The van der Waals surface area contributed by atoms with Crippen LogP contribution in [0.3, 0.4) is 0 Å². The fourth-order valence-corrected chi connectivity index (χ4v) is 3.71. The van der Waals surface area contributed by atoms with Crippen LogP contribution in [0.5, 0.6) is 11.5 Å². The summed E-state index contributed by atoms with van der Waals surface area (Å²) in [5.41, 5.74) is 0.526. The normalized spacial score (nSPS) is 16.5. The Morgan fingerprint density at radius 1 is 1.12 bits per heavy atom. The van der Waals surface area contributed by atoms with Crippen molar-refractivity contribution in [2.45, 2.75) is 70.9 Å². The Morgan fingerprint density at radius 2 is 1.85 bits per heavy atom. The van der Waals surface area contributed by atoms with E-state index in [0.717, 1.165) is 30.9 Å². The van der Waals surface area contributed by atoms with Crippen LogP contribution in [0, 0.1) is 0 Å². The highest BCUT2D eigenvalue weighted by molar-refractivity contribution is 14.0. The van der Waals surface area contributed by atoms with E-state index in [-0.39, 0.29) is 42.0 Å². The topological polar surface area (TPSA) is 93.2 Å². The molecule has 0 saturated heterocycles. The van der Waals surface area contributed by atoms with E-state index in [0.29, 0.717) is 37.6 Å². The molecule has 1 aromatic carbocycles. The van der Waals surface area contributed by atoms with Gasteiger partial charge in [-0.25, -0.2) is 4.99 Å². The predicted molar refractivity (Wildman–Crippen MR) is 142 cm³/mol. The van der Waals surface area contributed by atoms with Gasteiger partial charge in [-0.2, -0.15) is 0 Å². The quantitative estimate of drug-likeness (QED) is 0.188. The summed E-state index contributed by atoms with van der Waals surface area (Å²) in [7, 11) is 0. The third-order valence-corrected chi connectivity index (χ3v) is 5.17. The summed E-state index contributed by atoms with van der Waals surface area (Å²) in [6.07, 6.45) is 7.04. The van der Waals surface area contributed by atoms with Gasteiger partial charge in [0, 0.05) is 36.9 Å². The minimum Gasteiger partial charge on any atom is -0.490 e. The van der Waals surface area contributed by atoms with Crippen molar-refractivity contribution in [1.82, 2.24) is 10.6 Å². The average molecular weight is 575 g/mol. The van der Waals surface area contributed by atoms with E-state index in [1.807, 2.05) is 39.0 Å². The molecule has 1 heterocycles. The molecular formula is C24H39IN4O4. The van der Waals surface area contributed by atoms with Gasteiger partial charge < -0.3 is 30.2 Å². The number of hydrogen-bond acceptors (Lipinski definition) is 5. The summed E-state index contributed by atoms with van der Waals surface area (Å²) < 4.78 is 17.4. The van der Waals surface area contributed by atoms with Crippen molar-refractivity contribution in [3.8, 4) is 11.5 Å². The molecule has 0 spiro atoms. The number of nitrogens with zero attached hydrogens (tertiary/aromatic N) is 1. The zero-order valence-electron chi connectivity index (χ0n) is 20.1. The number of carbonyl (C=O) groups is 1. The number of amides is 1. The molecule has 0 unspecified atom stereocenters. The van der Waals surface area contributed by atoms with Crippen LogP contribution in [-0.2, 0) is 9.53 Å². The lowest BCUT2D eigenvalue weighted by Crippen LogP contribution is -2.42. The van der Waals surface area contributed by atoms with Crippen molar-refractivity contribution < 1.29 is 19.0 Å². The van der Waals surface area contributed by atoms with E-state index >= 15 is 0 Å². The summed E-state index contributed by atoms with van der Waals surface area (Å²) >= 11 is 0. The molecule has 1 fully saturated rings. The van der Waals surface area contributed by atoms with Gasteiger partial charge in [0.1, 0.15) is 6.54 Å². The second-order valence-electron chi connectivity index (χ2n) is 9.36. The molecule has 1 aliphatic carbocycles. The highest BCUT2D eigenvalue weighted by Crippen LogP contribution is 2.32. The highest BCUT2D eigenvalue weighted by Gasteiger charge is 2.16. The molecule has 2 aliphatic rings. The Balaban J connectivity index is 0.00000385. The molecule has 9 heteroatoms. The second kappa shape index (κ2) is 13.8. The number of rotatable bonds is 8. The van der Waals surface area contributed by atoms with Crippen molar-refractivity contribution in [2.24, 2.45) is 4.99 Å². The van der Waals surface area contributed by atoms with Crippen molar-refractivity contribution in [3.63, 3.8) is 0 Å². The number of aliphatic imine (C=N–C) groups is 1. The molecule has 0 radical (unpaired) electrons. The van der Waals surface area contributed by atoms with Gasteiger partial charge >= 0.3 is 0 Å². The van der Waals surface area contributed by atoms with Crippen LogP contribution in [0.1, 0.15) is 59.3 Å². The first-order valence-electron chi connectivity index (χ1n) is 11.8. The van der Waals surface area contributed by atoms with Gasteiger partial charge in [0.25, 0.3) is 0 Å². The Hall–Kier alpha value is -1.75. The molecule has 0 bridgehead atoms. The molecule has 1 aliphatic heterocycles. The highest BCUT2D eigenvalue weighted by atomic mass is 127. The number of halogens is 1. The molecule has 33 heavy (non-hydrogen) atoms. The van der Waals surface area contributed by atoms with Gasteiger partial charge in [0.2, 0.25) is 5.91 Å². The second-order valence-corrected chi connectivity index (χ2v) is 9.36. The number of nitrogens with one attached hydrogen (secondary N) is 3. The molecular weight excluding hydrogens is 535 g/mol. The molecule has 3 N–H and O–H groups in total. The molecule has 0 atom stereocenters. The van der Waals surface area contributed by atoms with Gasteiger partial charge in [-0.15, -0.1) is 24.0 Å². The van der Waals surface area contributed by atoms with Gasteiger partial charge in [-0.05, 0) is 52.2 Å². The molecule has 1 aromatic rings. The van der Waals surface area contributed by atoms with E-state index < -0.39 is 0 Å². The lowest BCUT2D eigenvalue weighted by molar-refractivity contribution is -0.121. The zero-order chi connectivity index (χ0) is 22.8. The maximum atomic E-state index is 12.2. The van der Waals surface area contributed by atoms with Crippen LogP contribution in [0.15, 0.2) is 23.2 Å². The van der Waals surface area contributed by atoms with E-state index in [4.69, 9.17) is 14.2 Å². The maximum Gasteiger partial charge on any atom is 0.242 e. The minimum absolute atomic E-state index is 0. The van der Waals surface area contributed by atoms with Crippen LogP contribution in [-0.4, -0.2) is 56.4 Å². The summed E-state index contributed by atoms with van der Waals surface area (Å²) in [6, 6.07) is 5.71. The molecule has 186 valence electrons. The number of ether oxygens (including phenoxy) is 3. The fourth-order valence-electron chi connectivity index (χ4n) is 3.71. The van der Waals surface area contributed by atoms with Crippen molar-refractivity contribution in [1.29, 1.82) is 0 Å². The van der Waals surface area contributed by atoms with Crippen LogP contribution >= 0.6 is 24.0 Å². The molecule has 0 aromatic heterocycles. The standard InChI is InChI=1S/C24H38N4O4.HI/c1-24(2,3)28-22(29)17-26-23(25-12-6-13-30-19-8-4-5-9-19)27-18-10-11-20-21(16-18)32-15-7-14-31-20;/h10-11,16,19H,4-9,12-15,17H2,1-3H3,(H,28,29)(H2,25,26,27);1H. The lowest BCUT2D eigenvalue weighted by atomic mass is 10.1. The largest absolute Gasteiger partial charge is 0.490 e. The van der Waals surface area contributed by atoms with Gasteiger partial charge in [0.05, 0.1) is 19.3 Å². The van der Waals surface area contributed by atoms with Crippen LogP contribution < -0.4 is 25.4 Å². The summed E-state index contributed by atoms with van der Waals surface area (Å²) in [5, 5.41) is 9.53.